The van der Waals surface area contributed by atoms with Crippen LogP contribution in [-0.2, 0) is 14.3 Å². The highest BCUT2D eigenvalue weighted by Crippen LogP contribution is 2.14. The lowest BCUT2D eigenvalue weighted by atomic mass is 10.0. The van der Waals surface area contributed by atoms with Crippen LogP contribution in [0.5, 0.6) is 0 Å². The van der Waals surface area contributed by atoms with Crippen molar-refractivity contribution in [3.05, 3.63) is 0 Å². The Morgan fingerprint density at radius 1 is 1.29 bits per heavy atom. The van der Waals surface area contributed by atoms with E-state index < -0.39 is 11.1 Å². The monoisotopic (exact) mass is 203 g/mol. The Labute approximate surface area is 86.0 Å². The number of carbonyl (C=O) groups is 1. The van der Waals surface area contributed by atoms with Gasteiger partial charge in [0.2, 0.25) is 0 Å². The quantitative estimate of drug-likeness (QED) is 0.691. The zero-order valence-electron chi connectivity index (χ0n) is 9.93. The van der Waals surface area contributed by atoms with E-state index in [1.165, 1.54) is 0 Å². The van der Waals surface area contributed by atoms with Crippen molar-refractivity contribution in [1.29, 1.82) is 0 Å². The number of ether oxygens (including phenoxy) is 2. The first-order valence-electron chi connectivity index (χ1n) is 4.66. The van der Waals surface area contributed by atoms with Crippen molar-refractivity contribution in [2.45, 2.75) is 38.8 Å². The smallest absolute Gasteiger partial charge is 0.328 e. The molecule has 0 aromatic carbocycles. The lowest BCUT2D eigenvalue weighted by Crippen LogP contribution is -2.53. The van der Waals surface area contributed by atoms with Crippen LogP contribution >= 0.6 is 0 Å². The average molecular weight is 203 g/mol. The zero-order valence-corrected chi connectivity index (χ0v) is 9.93. The molecule has 0 aliphatic carbocycles. The van der Waals surface area contributed by atoms with Crippen molar-refractivity contribution < 1.29 is 14.3 Å². The summed E-state index contributed by atoms with van der Waals surface area (Å²) in [7, 11) is 3.27. The molecule has 0 saturated heterocycles. The van der Waals surface area contributed by atoms with E-state index in [-0.39, 0.29) is 5.97 Å². The van der Waals surface area contributed by atoms with Crippen molar-refractivity contribution in [2.24, 2.45) is 0 Å². The second-order valence-corrected chi connectivity index (χ2v) is 4.52. The van der Waals surface area contributed by atoms with E-state index in [0.717, 1.165) is 0 Å². The third-order valence-electron chi connectivity index (χ3n) is 1.83. The molecule has 0 radical (unpaired) electrons. The predicted octanol–water partition coefficient (Wildman–Crippen LogP) is 0.953. The van der Waals surface area contributed by atoms with Gasteiger partial charge in [0.05, 0.1) is 6.61 Å². The highest BCUT2D eigenvalue weighted by atomic mass is 16.6. The summed E-state index contributed by atoms with van der Waals surface area (Å²) >= 11 is 0. The second kappa shape index (κ2) is 4.75. The van der Waals surface area contributed by atoms with Gasteiger partial charge in [-0.1, -0.05) is 0 Å². The molecule has 84 valence electrons. The van der Waals surface area contributed by atoms with Crippen LogP contribution in [-0.4, -0.2) is 37.9 Å². The molecule has 4 heteroatoms. The molecule has 0 aliphatic heterocycles. The van der Waals surface area contributed by atoms with Gasteiger partial charge < -0.3 is 14.8 Å². The van der Waals surface area contributed by atoms with Crippen LogP contribution in [0.1, 0.15) is 27.7 Å². The summed E-state index contributed by atoms with van der Waals surface area (Å²) in [4.78, 5) is 11.7. The second-order valence-electron chi connectivity index (χ2n) is 4.52. The number of nitrogens with one attached hydrogen (secondary N) is 1. The fraction of sp³-hybridized carbons (Fsp3) is 0.900. The molecular weight excluding hydrogens is 182 g/mol. The predicted molar refractivity (Wildman–Crippen MR) is 55.2 cm³/mol. The van der Waals surface area contributed by atoms with E-state index in [2.05, 4.69) is 5.32 Å². The Morgan fingerprint density at radius 3 is 2.07 bits per heavy atom. The van der Waals surface area contributed by atoms with Gasteiger partial charge in [-0.05, 0) is 34.7 Å². The maximum atomic E-state index is 11.7. The maximum absolute atomic E-state index is 11.7. The Balaban J connectivity index is 4.46. The van der Waals surface area contributed by atoms with E-state index in [4.69, 9.17) is 9.47 Å². The molecule has 0 spiro atoms. The average Bonchev–Trinajstić information content (AvgIpc) is 2.01. The minimum atomic E-state index is -0.776. The number of rotatable bonds is 4. The third-order valence-corrected chi connectivity index (χ3v) is 1.83. The minimum absolute atomic E-state index is 0.290. The summed E-state index contributed by atoms with van der Waals surface area (Å²) in [6.07, 6.45) is 0. The SMILES string of the molecule is CNC(C)(COC)C(=O)OC(C)(C)C. The molecule has 0 heterocycles. The molecule has 0 amide bonds. The third kappa shape index (κ3) is 4.07. The fourth-order valence-corrected chi connectivity index (χ4v) is 0.913. The Morgan fingerprint density at radius 2 is 1.79 bits per heavy atom. The fourth-order valence-electron chi connectivity index (χ4n) is 0.913. The van der Waals surface area contributed by atoms with Crippen molar-refractivity contribution >= 4 is 5.97 Å². The standard InChI is InChI=1S/C10H21NO3/c1-9(2,3)14-8(12)10(4,11-5)7-13-6/h11H,7H2,1-6H3. The number of likely N-dealkylation sites (N-methyl/N-ethyl adjacent to an activating group) is 1. The van der Waals surface area contributed by atoms with Crippen LogP contribution in [0.4, 0.5) is 0 Å². The molecule has 1 unspecified atom stereocenters. The number of methoxy groups -OCH3 is 1. The molecule has 0 fully saturated rings. The molecule has 0 bridgehead atoms. The van der Waals surface area contributed by atoms with Crippen LogP contribution in [0.2, 0.25) is 0 Å². The summed E-state index contributed by atoms with van der Waals surface area (Å²) in [5, 5.41) is 2.90. The lowest BCUT2D eigenvalue weighted by molar-refractivity contribution is -0.164. The van der Waals surface area contributed by atoms with Crippen LogP contribution in [0, 0.1) is 0 Å². The Hall–Kier alpha value is -0.610. The zero-order chi connectivity index (χ0) is 11.4. The molecule has 1 atom stereocenters. The summed E-state index contributed by atoms with van der Waals surface area (Å²) < 4.78 is 10.2. The molecule has 0 rings (SSSR count). The number of hydrogen-bond acceptors (Lipinski definition) is 4. The molecule has 0 saturated carbocycles. The first-order valence-corrected chi connectivity index (χ1v) is 4.66. The van der Waals surface area contributed by atoms with Crippen molar-refractivity contribution in [2.75, 3.05) is 20.8 Å². The van der Waals surface area contributed by atoms with Gasteiger partial charge in [-0.2, -0.15) is 0 Å². The van der Waals surface area contributed by atoms with Gasteiger partial charge in [0.1, 0.15) is 11.1 Å². The van der Waals surface area contributed by atoms with E-state index in [1.807, 2.05) is 20.8 Å². The van der Waals surface area contributed by atoms with E-state index in [9.17, 15) is 4.79 Å². The summed E-state index contributed by atoms with van der Waals surface area (Å²) in [5.74, 6) is -0.297. The molecule has 4 nitrogen and oxygen atoms in total. The number of hydrogen-bond donors (Lipinski definition) is 1. The Kier molecular flexibility index (Phi) is 4.55. The van der Waals surface area contributed by atoms with Gasteiger partial charge in [0.15, 0.2) is 0 Å². The highest BCUT2D eigenvalue weighted by molar-refractivity contribution is 5.80. The lowest BCUT2D eigenvalue weighted by Gasteiger charge is -2.30. The van der Waals surface area contributed by atoms with Gasteiger partial charge in [0, 0.05) is 7.11 Å². The van der Waals surface area contributed by atoms with Gasteiger partial charge in [-0.15, -0.1) is 0 Å². The number of esters is 1. The van der Waals surface area contributed by atoms with E-state index in [1.54, 1.807) is 21.1 Å². The van der Waals surface area contributed by atoms with E-state index in [0.29, 0.717) is 6.61 Å². The molecule has 14 heavy (non-hydrogen) atoms. The van der Waals surface area contributed by atoms with Gasteiger partial charge in [-0.3, -0.25) is 0 Å². The van der Waals surface area contributed by atoms with Gasteiger partial charge in [0.25, 0.3) is 0 Å². The van der Waals surface area contributed by atoms with E-state index >= 15 is 0 Å². The van der Waals surface area contributed by atoms with Crippen molar-refractivity contribution in [1.82, 2.24) is 5.32 Å². The molecule has 0 aromatic rings. The molecule has 1 N–H and O–H groups in total. The maximum Gasteiger partial charge on any atom is 0.328 e. The normalized spacial score (nSPS) is 16.1. The Bertz CT molecular complexity index is 198. The van der Waals surface area contributed by atoms with Crippen molar-refractivity contribution in [3.63, 3.8) is 0 Å². The first-order chi connectivity index (χ1) is 6.25. The molecule has 0 aliphatic rings. The van der Waals surface area contributed by atoms with Crippen LogP contribution in [0.3, 0.4) is 0 Å². The number of carbonyl (C=O) groups excluding carboxylic acids is 1. The van der Waals surface area contributed by atoms with Crippen LogP contribution < -0.4 is 5.32 Å². The molecule has 0 aromatic heterocycles. The largest absolute Gasteiger partial charge is 0.459 e. The highest BCUT2D eigenvalue weighted by Gasteiger charge is 2.35. The van der Waals surface area contributed by atoms with Gasteiger partial charge >= 0.3 is 5.97 Å². The summed E-state index contributed by atoms with van der Waals surface area (Å²) in [5.41, 5.74) is -1.25. The first kappa shape index (κ1) is 13.4. The minimum Gasteiger partial charge on any atom is -0.459 e. The van der Waals surface area contributed by atoms with Crippen molar-refractivity contribution in [3.8, 4) is 0 Å². The molecular formula is C10H21NO3. The van der Waals surface area contributed by atoms with Crippen LogP contribution in [0.25, 0.3) is 0 Å². The van der Waals surface area contributed by atoms with Gasteiger partial charge in [-0.25, -0.2) is 4.79 Å². The topological polar surface area (TPSA) is 47.6 Å². The van der Waals surface area contributed by atoms with Crippen LogP contribution in [0.15, 0.2) is 0 Å². The summed E-state index contributed by atoms with van der Waals surface area (Å²) in [6.45, 7) is 7.57. The summed E-state index contributed by atoms with van der Waals surface area (Å²) in [6, 6.07) is 0.